The zero-order valence-electron chi connectivity index (χ0n) is 14.6. The Kier molecular flexibility index (Phi) is 5.04. The Balaban J connectivity index is 1.54. The van der Waals surface area contributed by atoms with E-state index in [1.54, 1.807) is 12.4 Å². The van der Waals surface area contributed by atoms with E-state index in [1.165, 1.54) is 0 Å². The highest BCUT2D eigenvalue weighted by Gasteiger charge is 2.35. The van der Waals surface area contributed by atoms with Crippen molar-refractivity contribution in [3.8, 4) is 0 Å². The Morgan fingerprint density at radius 3 is 2.42 bits per heavy atom. The van der Waals surface area contributed by atoms with Crippen molar-refractivity contribution in [2.45, 2.75) is 19.0 Å². The number of benzene rings is 1. The Hall–Kier alpha value is -2.18. The normalized spacial score (nSPS) is 19.8. The summed E-state index contributed by atoms with van der Waals surface area (Å²) in [5, 5.41) is 0.704. The van der Waals surface area contributed by atoms with Crippen molar-refractivity contribution in [1.82, 2.24) is 19.8 Å². The maximum absolute atomic E-state index is 12.4. The second kappa shape index (κ2) is 7.60. The van der Waals surface area contributed by atoms with Gasteiger partial charge in [-0.05, 0) is 30.2 Å². The van der Waals surface area contributed by atoms with Crippen LogP contribution in [0.3, 0.4) is 0 Å². The summed E-state index contributed by atoms with van der Waals surface area (Å²) in [6.07, 6.45) is 5.05. The van der Waals surface area contributed by atoms with E-state index in [-0.39, 0.29) is 12.1 Å². The summed E-state index contributed by atoms with van der Waals surface area (Å²) in [7, 11) is 0. The van der Waals surface area contributed by atoms with Crippen molar-refractivity contribution in [3.63, 3.8) is 0 Å². The third-order valence-corrected chi connectivity index (χ3v) is 5.28. The quantitative estimate of drug-likeness (QED) is 0.826. The van der Waals surface area contributed by atoms with Crippen molar-refractivity contribution in [1.29, 1.82) is 0 Å². The van der Waals surface area contributed by atoms with E-state index in [2.05, 4.69) is 25.8 Å². The van der Waals surface area contributed by atoms with Crippen LogP contribution in [-0.2, 0) is 4.79 Å². The van der Waals surface area contributed by atoms with Crippen LogP contribution in [0.1, 0.15) is 24.6 Å². The minimum Gasteiger partial charge on any atom is -0.338 e. The number of carbonyl (C=O) groups is 1. The summed E-state index contributed by atoms with van der Waals surface area (Å²) in [6.45, 7) is 4.17. The average Bonchev–Trinajstić information content (AvgIpc) is 3.09. The first-order valence-corrected chi connectivity index (χ1v) is 9.41. The lowest BCUT2D eigenvalue weighted by molar-refractivity contribution is -0.133. The molecule has 0 N–H and O–H groups in total. The average molecular weight is 372 g/mol. The van der Waals surface area contributed by atoms with E-state index in [4.69, 9.17) is 11.6 Å². The molecule has 1 aromatic carbocycles. The largest absolute Gasteiger partial charge is 0.338 e. The molecule has 7 heteroatoms. The van der Waals surface area contributed by atoms with E-state index < -0.39 is 0 Å². The number of amides is 1. The number of likely N-dealkylation sites (tertiary alicyclic amines) is 1. The second-order valence-electron chi connectivity index (χ2n) is 6.69. The molecule has 0 aliphatic carbocycles. The molecule has 2 aromatic rings. The highest BCUT2D eigenvalue weighted by molar-refractivity contribution is 6.30. The van der Waals surface area contributed by atoms with E-state index in [1.807, 2.05) is 29.2 Å². The van der Waals surface area contributed by atoms with Gasteiger partial charge in [-0.2, -0.15) is 0 Å². The molecule has 0 spiro atoms. The SMILES string of the molecule is O=C1CCCN1C(c1cccc(Cl)c1)N1CCN(c2ncccn2)CC1. The van der Waals surface area contributed by atoms with Gasteiger partial charge in [0.05, 0.1) is 0 Å². The van der Waals surface area contributed by atoms with Gasteiger partial charge in [0.25, 0.3) is 0 Å². The lowest BCUT2D eigenvalue weighted by Crippen LogP contribution is -2.52. The van der Waals surface area contributed by atoms with Gasteiger partial charge >= 0.3 is 0 Å². The molecule has 1 amide bonds. The number of rotatable bonds is 4. The van der Waals surface area contributed by atoms with Gasteiger partial charge in [-0.25, -0.2) is 9.97 Å². The summed E-state index contributed by atoms with van der Waals surface area (Å²) >= 11 is 6.23. The molecule has 4 rings (SSSR count). The number of hydrogen-bond acceptors (Lipinski definition) is 5. The number of aromatic nitrogens is 2. The smallest absolute Gasteiger partial charge is 0.225 e. The molecule has 2 fully saturated rings. The minimum absolute atomic E-state index is 0.0532. The van der Waals surface area contributed by atoms with Crippen molar-refractivity contribution >= 4 is 23.5 Å². The molecule has 1 aromatic heterocycles. The Bertz CT molecular complexity index is 764. The third kappa shape index (κ3) is 3.52. The van der Waals surface area contributed by atoms with Gasteiger partial charge in [-0.15, -0.1) is 0 Å². The summed E-state index contributed by atoms with van der Waals surface area (Å²) < 4.78 is 0. The van der Waals surface area contributed by atoms with Crippen molar-refractivity contribution in [2.24, 2.45) is 0 Å². The maximum atomic E-state index is 12.4. The zero-order chi connectivity index (χ0) is 17.9. The molecule has 0 radical (unpaired) electrons. The fourth-order valence-corrected chi connectivity index (χ4v) is 4.00. The van der Waals surface area contributed by atoms with Crippen LogP contribution in [-0.4, -0.2) is 58.4 Å². The molecule has 0 bridgehead atoms. The number of anilines is 1. The fourth-order valence-electron chi connectivity index (χ4n) is 3.80. The van der Waals surface area contributed by atoms with Crippen LogP contribution in [0.2, 0.25) is 5.02 Å². The van der Waals surface area contributed by atoms with Gasteiger partial charge < -0.3 is 9.80 Å². The minimum atomic E-state index is -0.0532. The standard InChI is InChI=1S/C19H22ClN5O/c20-16-5-1-4-15(14-16)18(25-9-2-6-17(25)26)23-10-12-24(13-11-23)19-21-7-3-8-22-19/h1,3-5,7-8,14,18H,2,6,9-13H2. The molecule has 1 atom stereocenters. The predicted octanol–water partition coefficient (Wildman–Crippen LogP) is 2.57. The van der Waals surface area contributed by atoms with Gasteiger partial charge in [0.1, 0.15) is 6.17 Å². The van der Waals surface area contributed by atoms with E-state index in [0.29, 0.717) is 11.4 Å². The molecule has 2 aliphatic heterocycles. The van der Waals surface area contributed by atoms with Gasteiger partial charge in [0.2, 0.25) is 11.9 Å². The van der Waals surface area contributed by atoms with Crippen LogP contribution in [0.5, 0.6) is 0 Å². The first-order chi connectivity index (χ1) is 12.7. The van der Waals surface area contributed by atoms with Crippen LogP contribution in [0, 0.1) is 0 Å². The third-order valence-electron chi connectivity index (χ3n) is 5.05. The highest BCUT2D eigenvalue weighted by Crippen LogP contribution is 2.31. The first kappa shape index (κ1) is 17.2. The number of piperazine rings is 1. The number of hydrogen-bond donors (Lipinski definition) is 0. The van der Waals surface area contributed by atoms with Crippen LogP contribution in [0.15, 0.2) is 42.7 Å². The van der Waals surface area contributed by atoms with Crippen LogP contribution < -0.4 is 4.90 Å². The fraction of sp³-hybridized carbons (Fsp3) is 0.421. The summed E-state index contributed by atoms with van der Waals surface area (Å²) in [4.78, 5) is 27.7. The molecule has 2 saturated heterocycles. The molecule has 0 saturated carbocycles. The molecule has 136 valence electrons. The molecule has 1 unspecified atom stereocenters. The van der Waals surface area contributed by atoms with E-state index in [0.717, 1.165) is 50.7 Å². The van der Waals surface area contributed by atoms with Crippen molar-refractivity contribution in [2.75, 3.05) is 37.6 Å². The highest BCUT2D eigenvalue weighted by atomic mass is 35.5. The Morgan fingerprint density at radius 1 is 1.00 bits per heavy atom. The van der Waals surface area contributed by atoms with E-state index in [9.17, 15) is 4.79 Å². The molecule has 6 nitrogen and oxygen atoms in total. The maximum Gasteiger partial charge on any atom is 0.225 e. The Labute approximate surface area is 158 Å². The van der Waals surface area contributed by atoms with Gasteiger partial charge in [0.15, 0.2) is 0 Å². The van der Waals surface area contributed by atoms with Crippen LogP contribution in [0.4, 0.5) is 5.95 Å². The first-order valence-electron chi connectivity index (χ1n) is 9.03. The lowest BCUT2D eigenvalue weighted by Gasteiger charge is -2.43. The van der Waals surface area contributed by atoms with Crippen LogP contribution in [0.25, 0.3) is 0 Å². The number of nitrogens with zero attached hydrogens (tertiary/aromatic N) is 5. The number of halogens is 1. The molecule has 2 aliphatic rings. The molecular weight excluding hydrogens is 350 g/mol. The lowest BCUT2D eigenvalue weighted by atomic mass is 10.1. The van der Waals surface area contributed by atoms with Gasteiger partial charge in [0, 0.05) is 56.6 Å². The van der Waals surface area contributed by atoms with E-state index >= 15 is 0 Å². The van der Waals surface area contributed by atoms with Crippen LogP contribution >= 0.6 is 11.6 Å². The summed E-state index contributed by atoms with van der Waals surface area (Å²) in [5.74, 6) is 0.993. The zero-order valence-corrected chi connectivity index (χ0v) is 15.3. The number of carbonyl (C=O) groups excluding carboxylic acids is 1. The topological polar surface area (TPSA) is 52.6 Å². The predicted molar refractivity (Wildman–Crippen MR) is 101 cm³/mol. The molecule has 3 heterocycles. The van der Waals surface area contributed by atoms with Gasteiger partial charge in [-0.3, -0.25) is 9.69 Å². The van der Waals surface area contributed by atoms with Crippen molar-refractivity contribution < 1.29 is 4.79 Å². The van der Waals surface area contributed by atoms with Crippen molar-refractivity contribution in [3.05, 3.63) is 53.3 Å². The Morgan fingerprint density at radius 2 is 1.77 bits per heavy atom. The molecular formula is C19H22ClN5O. The monoisotopic (exact) mass is 371 g/mol. The second-order valence-corrected chi connectivity index (χ2v) is 7.13. The summed E-state index contributed by atoms with van der Waals surface area (Å²) in [6, 6.07) is 9.70. The summed E-state index contributed by atoms with van der Waals surface area (Å²) in [5.41, 5.74) is 1.08. The van der Waals surface area contributed by atoms with Gasteiger partial charge in [-0.1, -0.05) is 23.7 Å². The molecule has 26 heavy (non-hydrogen) atoms.